The van der Waals surface area contributed by atoms with E-state index in [1.165, 1.54) is 5.56 Å². The van der Waals surface area contributed by atoms with Gasteiger partial charge in [0, 0.05) is 18.5 Å². The quantitative estimate of drug-likeness (QED) is 0.714. The molecule has 0 aliphatic heterocycles. The van der Waals surface area contributed by atoms with Crippen molar-refractivity contribution in [1.82, 2.24) is 5.32 Å². The first kappa shape index (κ1) is 11.5. The maximum atomic E-state index is 5.64. The van der Waals surface area contributed by atoms with E-state index in [0.29, 0.717) is 11.9 Å². The summed E-state index contributed by atoms with van der Waals surface area (Å²) in [5, 5.41) is 3.44. The van der Waals surface area contributed by atoms with Crippen molar-refractivity contribution in [3.05, 3.63) is 35.9 Å². The predicted octanol–water partition coefficient (Wildman–Crippen LogP) is 2.84. The number of halogens is 1. The van der Waals surface area contributed by atoms with Gasteiger partial charge >= 0.3 is 0 Å². The van der Waals surface area contributed by atoms with E-state index in [-0.39, 0.29) is 0 Å². The van der Waals surface area contributed by atoms with E-state index < -0.39 is 0 Å². The second kappa shape index (κ2) is 6.86. The summed E-state index contributed by atoms with van der Waals surface area (Å²) in [6.45, 7) is 3.10. The fraction of sp³-hybridized carbons (Fsp3) is 0.500. The molecule has 1 aromatic carbocycles. The summed E-state index contributed by atoms with van der Waals surface area (Å²) in [4.78, 5) is 0. The Morgan fingerprint density at radius 2 is 2.00 bits per heavy atom. The van der Waals surface area contributed by atoms with Crippen molar-refractivity contribution in [2.24, 2.45) is 0 Å². The van der Waals surface area contributed by atoms with Gasteiger partial charge in [-0.2, -0.15) is 0 Å². The van der Waals surface area contributed by atoms with Crippen LogP contribution in [0.5, 0.6) is 0 Å². The first-order valence-corrected chi connectivity index (χ1v) is 5.73. The molecule has 0 spiro atoms. The Morgan fingerprint density at radius 3 is 2.57 bits per heavy atom. The Kier molecular flexibility index (Phi) is 5.65. The van der Waals surface area contributed by atoms with Gasteiger partial charge in [-0.1, -0.05) is 37.3 Å². The molecule has 0 aliphatic rings. The highest BCUT2D eigenvalue weighted by Crippen LogP contribution is 2.05. The summed E-state index contributed by atoms with van der Waals surface area (Å²) in [6.07, 6.45) is 2.24. The largest absolute Gasteiger partial charge is 0.312 e. The maximum absolute atomic E-state index is 5.64. The van der Waals surface area contributed by atoms with Crippen LogP contribution in [0, 0.1) is 0 Å². The van der Waals surface area contributed by atoms with Gasteiger partial charge in [-0.25, -0.2) is 0 Å². The molecule has 1 unspecified atom stereocenters. The third-order valence-corrected chi connectivity index (χ3v) is 2.53. The zero-order chi connectivity index (χ0) is 10.2. The summed E-state index contributed by atoms with van der Waals surface area (Å²) in [6, 6.07) is 11.1. The van der Waals surface area contributed by atoms with Crippen molar-refractivity contribution in [2.45, 2.75) is 25.8 Å². The van der Waals surface area contributed by atoms with E-state index in [0.717, 1.165) is 19.4 Å². The van der Waals surface area contributed by atoms with Crippen molar-refractivity contribution in [1.29, 1.82) is 0 Å². The molecular formula is C12H18ClN. The highest BCUT2D eigenvalue weighted by atomic mass is 35.5. The third-order valence-electron chi connectivity index (χ3n) is 2.35. The molecule has 1 rings (SSSR count). The van der Waals surface area contributed by atoms with E-state index in [9.17, 15) is 0 Å². The van der Waals surface area contributed by atoms with Gasteiger partial charge in [-0.05, 0) is 18.4 Å². The van der Waals surface area contributed by atoms with Gasteiger partial charge < -0.3 is 5.32 Å². The fourth-order valence-electron chi connectivity index (χ4n) is 1.52. The molecular weight excluding hydrogens is 194 g/mol. The summed E-state index contributed by atoms with van der Waals surface area (Å²) in [7, 11) is 0. The zero-order valence-corrected chi connectivity index (χ0v) is 9.43. The van der Waals surface area contributed by atoms with Crippen LogP contribution in [0.1, 0.15) is 18.9 Å². The topological polar surface area (TPSA) is 12.0 Å². The average Bonchev–Trinajstić information content (AvgIpc) is 2.25. The number of alkyl halides is 1. The molecule has 0 saturated heterocycles. The number of hydrogen-bond acceptors (Lipinski definition) is 1. The molecule has 0 bridgehead atoms. The maximum Gasteiger partial charge on any atom is 0.0348 e. The van der Waals surface area contributed by atoms with Gasteiger partial charge in [0.1, 0.15) is 0 Å². The fourth-order valence-corrected chi connectivity index (χ4v) is 1.63. The number of hydrogen-bond donors (Lipinski definition) is 1. The average molecular weight is 212 g/mol. The van der Waals surface area contributed by atoms with Crippen LogP contribution in [0.4, 0.5) is 0 Å². The van der Waals surface area contributed by atoms with Crippen LogP contribution < -0.4 is 5.32 Å². The number of nitrogens with one attached hydrogen (secondary N) is 1. The minimum absolute atomic E-state index is 0.552. The standard InChI is InChI=1S/C12H18ClN/c1-2-12(14-9-8-13)10-11-6-4-3-5-7-11/h3-7,12,14H,2,8-10H2,1H3. The van der Waals surface area contributed by atoms with Gasteiger partial charge in [-0.3, -0.25) is 0 Å². The lowest BCUT2D eigenvalue weighted by atomic mass is 10.0. The summed E-state index contributed by atoms with van der Waals surface area (Å²) >= 11 is 5.64. The van der Waals surface area contributed by atoms with Crippen molar-refractivity contribution in [3.8, 4) is 0 Å². The van der Waals surface area contributed by atoms with Crippen LogP contribution in [0.2, 0.25) is 0 Å². The highest BCUT2D eigenvalue weighted by Gasteiger charge is 2.05. The lowest BCUT2D eigenvalue weighted by Gasteiger charge is -2.15. The van der Waals surface area contributed by atoms with E-state index >= 15 is 0 Å². The Morgan fingerprint density at radius 1 is 1.29 bits per heavy atom. The van der Waals surface area contributed by atoms with Crippen LogP contribution in [0.15, 0.2) is 30.3 Å². The molecule has 0 aliphatic carbocycles. The second-order valence-corrected chi connectivity index (χ2v) is 3.82. The van der Waals surface area contributed by atoms with E-state index in [2.05, 4.69) is 42.6 Å². The molecule has 0 heterocycles. The molecule has 14 heavy (non-hydrogen) atoms. The molecule has 0 aromatic heterocycles. The first-order chi connectivity index (χ1) is 6.86. The van der Waals surface area contributed by atoms with Crippen LogP contribution in [-0.2, 0) is 6.42 Å². The van der Waals surface area contributed by atoms with E-state index in [4.69, 9.17) is 11.6 Å². The highest BCUT2D eigenvalue weighted by molar-refractivity contribution is 6.18. The normalized spacial score (nSPS) is 12.7. The molecule has 1 atom stereocenters. The zero-order valence-electron chi connectivity index (χ0n) is 8.67. The molecule has 78 valence electrons. The molecule has 2 heteroatoms. The van der Waals surface area contributed by atoms with Gasteiger partial charge in [0.15, 0.2) is 0 Å². The van der Waals surface area contributed by atoms with Gasteiger partial charge in [0.05, 0.1) is 0 Å². The van der Waals surface area contributed by atoms with Gasteiger partial charge in [0.2, 0.25) is 0 Å². The number of rotatable bonds is 6. The second-order valence-electron chi connectivity index (χ2n) is 3.44. The van der Waals surface area contributed by atoms with Crippen LogP contribution >= 0.6 is 11.6 Å². The van der Waals surface area contributed by atoms with E-state index in [1.807, 2.05) is 0 Å². The molecule has 1 aromatic rings. The van der Waals surface area contributed by atoms with Crippen molar-refractivity contribution in [3.63, 3.8) is 0 Å². The molecule has 0 saturated carbocycles. The predicted molar refractivity (Wildman–Crippen MR) is 62.9 cm³/mol. The molecule has 0 fully saturated rings. The SMILES string of the molecule is CCC(Cc1ccccc1)NCCCl. The molecule has 0 radical (unpaired) electrons. The molecule has 0 amide bonds. The lowest BCUT2D eigenvalue weighted by Crippen LogP contribution is -2.31. The minimum Gasteiger partial charge on any atom is -0.312 e. The van der Waals surface area contributed by atoms with Crippen molar-refractivity contribution < 1.29 is 0 Å². The van der Waals surface area contributed by atoms with Crippen LogP contribution in [0.3, 0.4) is 0 Å². The Balaban J connectivity index is 2.40. The van der Waals surface area contributed by atoms with E-state index in [1.54, 1.807) is 0 Å². The summed E-state index contributed by atoms with van der Waals surface area (Å²) in [5.74, 6) is 0.686. The Labute approximate surface area is 91.5 Å². The molecule has 1 N–H and O–H groups in total. The van der Waals surface area contributed by atoms with Crippen molar-refractivity contribution >= 4 is 11.6 Å². The summed E-state index contributed by atoms with van der Waals surface area (Å²) < 4.78 is 0. The monoisotopic (exact) mass is 211 g/mol. The first-order valence-electron chi connectivity index (χ1n) is 5.20. The van der Waals surface area contributed by atoms with Gasteiger partial charge in [-0.15, -0.1) is 11.6 Å². The third kappa shape index (κ3) is 4.12. The van der Waals surface area contributed by atoms with Gasteiger partial charge in [0.25, 0.3) is 0 Å². The van der Waals surface area contributed by atoms with Crippen LogP contribution in [0.25, 0.3) is 0 Å². The smallest absolute Gasteiger partial charge is 0.0348 e. The minimum atomic E-state index is 0.552. The molecule has 1 nitrogen and oxygen atoms in total. The number of benzene rings is 1. The Hall–Kier alpha value is -0.530. The van der Waals surface area contributed by atoms with Crippen LogP contribution in [-0.4, -0.2) is 18.5 Å². The lowest BCUT2D eigenvalue weighted by molar-refractivity contribution is 0.511. The van der Waals surface area contributed by atoms with Crippen molar-refractivity contribution in [2.75, 3.05) is 12.4 Å². The Bertz CT molecular complexity index is 235. The summed E-state index contributed by atoms with van der Waals surface area (Å²) in [5.41, 5.74) is 1.39.